The lowest BCUT2D eigenvalue weighted by atomic mass is 10.0. The number of halogens is 1. The number of nitrogens with zero attached hydrogens (tertiary/aromatic N) is 4. The first-order valence-electron chi connectivity index (χ1n) is 8.82. The number of hydrogen-bond acceptors (Lipinski definition) is 6. The molecular formula is C20H15ClN4O4. The van der Waals surface area contributed by atoms with Crippen LogP contribution in [0.15, 0.2) is 35.1 Å². The van der Waals surface area contributed by atoms with Crippen molar-refractivity contribution in [3.8, 4) is 22.9 Å². The van der Waals surface area contributed by atoms with E-state index in [1.54, 1.807) is 46.8 Å². The molecule has 0 bridgehead atoms. The predicted octanol–water partition coefficient (Wildman–Crippen LogP) is 2.81. The Morgan fingerprint density at radius 3 is 2.62 bits per heavy atom. The topological polar surface area (TPSA) is 86.6 Å². The fourth-order valence-corrected chi connectivity index (χ4v) is 4.13. The molecule has 2 aliphatic heterocycles. The average molecular weight is 411 g/mol. The third-order valence-electron chi connectivity index (χ3n) is 5.22. The van der Waals surface area contributed by atoms with Crippen LogP contribution in [0.4, 0.5) is 5.69 Å². The molecule has 1 amide bonds. The molecular weight excluding hydrogens is 396 g/mol. The Morgan fingerprint density at radius 2 is 1.90 bits per heavy atom. The fraction of sp³-hybridized carbons (Fsp3) is 0.200. The molecule has 0 fully saturated rings. The van der Waals surface area contributed by atoms with Gasteiger partial charge in [-0.05, 0) is 31.2 Å². The van der Waals surface area contributed by atoms with Crippen LogP contribution in [0.3, 0.4) is 0 Å². The lowest BCUT2D eigenvalue weighted by Gasteiger charge is -2.34. The minimum Gasteiger partial charge on any atom is -0.493 e. The number of carbonyl (C=O) groups is 1. The number of hydrogen-bond donors (Lipinski definition) is 0. The molecule has 0 saturated carbocycles. The van der Waals surface area contributed by atoms with E-state index < -0.39 is 11.7 Å². The molecule has 3 heterocycles. The van der Waals surface area contributed by atoms with Crippen LogP contribution < -0.4 is 19.9 Å². The number of benzene rings is 2. The molecule has 2 aromatic carbocycles. The highest BCUT2D eigenvalue weighted by atomic mass is 35.5. The molecule has 3 aromatic rings. The Balaban J connectivity index is 1.88. The van der Waals surface area contributed by atoms with Crippen LogP contribution in [0.1, 0.15) is 27.8 Å². The second kappa shape index (κ2) is 6.05. The summed E-state index contributed by atoms with van der Waals surface area (Å²) in [6.07, 6.45) is -0.604. The van der Waals surface area contributed by atoms with E-state index in [0.29, 0.717) is 44.7 Å². The molecule has 1 atom stereocenters. The SMILES string of the molecule is COc1ccc2c(c1OC)C(=O)N1c3ccc(Cl)cc3-c3nc(=O)c(C)nn3[C@@H]21. The first-order valence-corrected chi connectivity index (χ1v) is 9.20. The van der Waals surface area contributed by atoms with Gasteiger partial charge in [0.25, 0.3) is 11.5 Å². The van der Waals surface area contributed by atoms with Gasteiger partial charge >= 0.3 is 0 Å². The highest BCUT2D eigenvalue weighted by Crippen LogP contribution is 2.50. The van der Waals surface area contributed by atoms with Crippen molar-refractivity contribution in [3.05, 3.63) is 62.5 Å². The molecule has 0 unspecified atom stereocenters. The second-order valence-corrected chi connectivity index (χ2v) is 7.18. The van der Waals surface area contributed by atoms with Gasteiger partial charge in [0, 0.05) is 16.1 Å². The Labute approximate surface area is 170 Å². The van der Waals surface area contributed by atoms with E-state index in [9.17, 15) is 9.59 Å². The number of rotatable bonds is 2. The Bertz CT molecular complexity index is 1270. The van der Waals surface area contributed by atoms with E-state index in [2.05, 4.69) is 10.1 Å². The maximum atomic E-state index is 13.5. The Kier molecular flexibility index (Phi) is 3.69. The van der Waals surface area contributed by atoms with Crippen LogP contribution >= 0.6 is 11.6 Å². The number of carbonyl (C=O) groups excluding carboxylic acids is 1. The first-order chi connectivity index (χ1) is 14.0. The van der Waals surface area contributed by atoms with Crippen LogP contribution in [0.25, 0.3) is 11.4 Å². The van der Waals surface area contributed by atoms with Gasteiger partial charge in [-0.2, -0.15) is 10.1 Å². The molecule has 0 N–H and O–H groups in total. The molecule has 0 spiro atoms. The molecule has 8 nitrogen and oxygen atoms in total. The zero-order valence-corrected chi connectivity index (χ0v) is 16.5. The molecule has 0 aliphatic carbocycles. The van der Waals surface area contributed by atoms with Crippen molar-refractivity contribution in [2.45, 2.75) is 13.1 Å². The van der Waals surface area contributed by atoms with Crippen molar-refractivity contribution in [1.82, 2.24) is 14.8 Å². The fourth-order valence-electron chi connectivity index (χ4n) is 3.96. The quantitative estimate of drug-likeness (QED) is 0.645. The summed E-state index contributed by atoms with van der Waals surface area (Å²) in [5, 5.41) is 4.91. The molecule has 1 aromatic heterocycles. The molecule has 0 radical (unpaired) electrons. The van der Waals surface area contributed by atoms with Gasteiger partial charge in [0.05, 0.1) is 25.5 Å². The number of amides is 1. The van der Waals surface area contributed by atoms with Crippen LogP contribution in [-0.2, 0) is 0 Å². The third-order valence-corrected chi connectivity index (χ3v) is 5.45. The van der Waals surface area contributed by atoms with Crippen molar-refractivity contribution in [2.75, 3.05) is 19.1 Å². The van der Waals surface area contributed by atoms with Gasteiger partial charge in [0.1, 0.15) is 5.69 Å². The van der Waals surface area contributed by atoms with E-state index in [1.165, 1.54) is 14.2 Å². The lowest BCUT2D eigenvalue weighted by molar-refractivity contribution is 0.0983. The summed E-state index contributed by atoms with van der Waals surface area (Å²) in [7, 11) is 3.01. The summed E-state index contributed by atoms with van der Waals surface area (Å²) < 4.78 is 12.5. The molecule has 9 heteroatoms. The van der Waals surface area contributed by atoms with Gasteiger partial charge in [-0.25, -0.2) is 4.68 Å². The highest BCUT2D eigenvalue weighted by molar-refractivity contribution is 6.31. The van der Waals surface area contributed by atoms with Crippen molar-refractivity contribution in [3.63, 3.8) is 0 Å². The van der Waals surface area contributed by atoms with Crippen LogP contribution in [0, 0.1) is 6.92 Å². The first kappa shape index (κ1) is 17.7. The summed E-state index contributed by atoms with van der Waals surface area (Å²) in [6, 6.07) is 8.67. The maximum Gasteiger partial charge on any atom is 0.294 e. The van der Waals surface area contributed by atoms with E-state index >= 15 is 0 Å². The smallest absolute Gasteiger partial charge is 0.294 e. The third kappa shape index (κ3) is 2.26. The van der Waals surface area contributed by atoms with Crippen LogP contribution in [0.5, 0.6) is 11.5 Å². The Hall–Kier alpha value is -3.39. The zero-order valence-electron chi connectivity index (χ0n) is 15.8. The molecule has 29 heavy (non-hydrogen) atoms. The second-order valence-electron chi connectivity index (χ2n) is 6.75. The van der Waals surface area contributed by atoms with Gasteiger partial charge in [-0.3, -0.25) is 14.5 Å². The molecule has 0 saturated heterocycles. The normalized spacial score (nSPS) is 16.1. The number of aromatic nitrogens is 3. The van der Waals surface area contributed by atoms with Crippen molar-refractivity contribution in [1.29, 1.82) is 0 Å². The van der Waals surface area contributed by atoms with Gasteiger partial charge < -0.3 is 9.47 Å². The Morgan fingerprint density at radius 1 is 1.10 bits per heavy atom. The summed E-state index contributed by atoms with van der Waals surface area (Å²) in [6.45, 7) is 1.59. The van der Waals surface area contributed by atoms with Crippen molar-refractivity contribution in [2.24, 2.45) is 0 Å². The summed E-state index contributed by atoms with van der Waals surface area (Å²) in [4.78, 5) is 31.6. The standard InChI is InChI=1S/C20H15ClN4O4/c1-9-18(26)22-17-12-8-10(21)4-6-13(12)24-19(25(17)23-9)11-5-7-14(28-2)16(29-3)15(11)20(24)27/h4-8,19H,1-3H3/t19-/m0/s1. The average Bonchev–Trinajstić information content (AvgIpc) is 3.01. The van der Waals surface area contributed by atoms with E-state index in [4.69, 9.17) is 21.1 Å². The van der Waals surface area contributed by atoms with Crippen molar-refractivity contribution >= 4 is 23.2 Å². The van der Waals surface area contributed by atoms with Gasteiger partial charge in [-0.15, -0.1) is 0 Å². The van der Waals surface area contributed by atoms with E-state index in [-0.39, 0.29) is 11.6 Å². The minimum atomic E-state index is -0.604. The van der Waals surface area contributed by atoms with Gasteiger partial charge in [0.15, 0.2) is 23.5 Å². The van der Waals surface area contributed by atoms with Gasteiger partial charge in [-0.1, -0.05) is 17.7 Å². The minimum absolute atomic E-state index is 0.237. The number of anilines is 1. The van der Waals surface area contributed by atoms with E-state index in [1.807, 2.05) is 0 Å². The maximum absolute atomic E-state index is 13.5. The van der Waals surface area contributed by atoms with Crippen LogP contribution in [0.2, 0.25) is 5.02 Å². The predicted molar refractivity (Wildman–Crippen MR) is 106 cm³/mol. The monoisotopic (exact) mass is 410 g/mol. The van der Waals surface area contributed by atoms with Crippen molar-refractivity contribution < 1.29 is 14.3 Å². The lowest BCUT2D eigenvalue weighted by Crippen LogP contribution is -2.39. The highest BCUT2D eigenvalue weighted by Gasteiger charge is 2.47. The zero-order chi connectivity index (χ0) is 20.4. The molecule has 2 aliphatic rings. The molecule has 146 valence electrons. The summed E-state index contributed by atoms with van der Waals surface area (Å²) in [5.41, 5.74) is 2.05. The summed E-state index contributed by atoms with van der Waals surface area (Å²) >= 11 is 6.19. The number of aryl methyl sites for hydroxylation is 1. The molecule has 5 rings (SSSR count). The number of ether oxygens (including phenoxy) is 2. The number of methoxy groups -OCH3 is 2. The number of fused-ring (bicyclic) bond motifs is 8. The van der Waals surface area contributed by atoms with Gasteiger partial charge in [0.2, 0.25) is 0 Å². The summed E-state index contributed by atoms with van der Waals surface area (Å²) in [5.74, 6) is 0.910. The van der Waals surface area contributed by atoms with E-state index in [0.717, 1.165) is 0 Å². The van der Waals surface area contributed by atoms with Crippen LogP contribution in [-0.4, -0.2) is 34.9 Å². The largest absolute Gasteiger partial charge is 0.493 e.